The van der Waals surface area contributed by atoms with E-state index in [1.54, 1.807) is 0 Å². The van der Waals surface area contributed by atoms with Gasteiger partial charge in [0.1, 0.15) is 5.82 Å². The third-order valence-corrected chi connectivity index (χ3v) is 4.11. The van der Waals surface area contributed by atoms with E-state index in [-0.39, 0.29) is 24.0 Å². The molecule has 164 valence electrons. The van der Waals surface area contributed by atoms with Gasteiger partial charge < -0.3 is 20.1 Å². The number of aryl methyl sites for hydroxylation is 1. The lowest BCUT2D eigenvalue weighted by Gasteiger charge is -2.11. The van der Waals surface area contributed by atoms with Gasteiger partial charge in [0.2, 0.25) is 0 Å². The van der Waals surface area contributed by atoms with Crippen molar-refractivity contribution in [3.8, 4) is 0 Å². The number of hydrogen-bond donors (Lipinski definition) is 2. The van der Waals surface area contributed by atoms with Gasteiger partial charge in [0.05, 0.1) is 19.8 Å². The molecule has 2 heterocycles. The Bertz CT molecular complexity index is 694. The summed E-state index contributed by atoms with van der Waals surface area (Å²) in [6.07, 6.45) is 6.02. The lowest BCUT2D eigenvalue weighted by atomic mass is 10.3. The van der Waals surface area contributed by atoms with Crippen LogP contribution in [0.1, 0.15) is 38.9 Å². The molecule has 0 spiro atoms. The number of hydrogen-bond acceptors (Lipinski definition) is 5. The predicted molar refractivity (Wildman–Crippen MR) is 127 cm³/mol. The fourth-order valence-electron chi connectivity index (χ4n) is 2.64. The zero-order valence-corrected chi connectivity index (χ0v) is 19.9. The molecule has 2 aromatic heterocycles. The fourth-order valence-corrected chi connectivity index (χ4v) is 2.64. The molecule has 0 bridgehead atoms. The van der Waals surface area contributed by atoms with Crippen LogP contribution in [0, 0.1) is 0 Å². The van der Waals surface area contributed by atoms with E-state index in [4.69, 9.17) is 9.47 Å². The van der Waals surface area contributed by atoms with Crippen molar-refractivity contribution in [2.24, 2.45) is 4.99 Å². The highest BCUT2D eigenvalue weighted by atomic mass is 127. The van der Waals surface area contributed by atoms with Gasteiger partial charge in [-0.3, -0.25) is 9.39 Å². The molecule has 0 saturated carbocycles. The second-order valence-corrected chi connectivity index (χ2v) is 6.41. The maximum Gasteiger partial charge on any atom is 0.191 e. The van der Waals surface area contributed by atoms with Gasteiger partial charge >= 0.3 is 0 Å². The monoisotopic (exact) mass is 518 g/mol. The van der Waals surface area contributed by atoms with Crippen molar-refractivity contribution >= 4 is 35.6 Å². The lowest BCUT2D eigenvalue weighted by Crippen LogP contribution is -2.39. The van der Waals surface area contributed by atoms with Crippen LogP contribution in [0.25, 0.3) is 5.65 Å². The van der Waals surface area contributed by atoms with E-state index in [1.165, 1.54) is 0 Å². The number of nitrogens with zero attached hydrogens (tertiary/aromatic N) is 4. The van der Waals surface area contributed by atoms with Gasteiger partial charge in [-0.1, -0.05) is 19.4 Å². The molecular formula is C20H35IN6O2. The SMILES string of the molecule is CCCCOCCOCCNC(=NCCCc1nnc2ccccn12)NCC.I. The minimum Gasteiger partial charge on any atom is -0.379 e. The van der Waals surface area contributed by atoms with E-state index >= 15 is 0 Å². The molecule has 0 atom stereocenters. The van der Waals surface area contributed by atoms with Crippen LogP contribution >= 0.6 is 24.0 Å². The number of ether oxygens (including phenoxy) is 2. The van der Waals surface area contributed by atoms with Gasteiger partial charge in [-0.2, -0.15) is 0 Å². The van der Waals surface area contributed by atoms with Gasteiger partial charge in [0.15, 0.2) is 11.6 Å². The number of nitrogens with one attached hydrogen (secondary N) is 2. The summed E-state index contributed by atoms with van der Waals surface area (Å²) in [7, 11) is 0. The highest BCUT2D eigenvalue weighted by Gasteiger charge is 2.04. The summed E-state index contributed by atoms with van der Waals surface area (Å²) in [5.41, 5.74) is 0.881. The van der Waals surface area contributed by atoms with Crippen LogP contribution < -0.4 is 10.6 Å². The molecule has 2 aromatic rings. The number of rotatable bonds is 14. The van der Waals surface area contributed by atoms with Crippen molar-refractivity contribution in [3.05, 3.63) is 30.2 Å². The van der Waals surface area contributed by atoms with Crippen molar-refractivity contribution in [2.45, 2.75) is 39.5 Å². The summed E-state index contributed by atoms with van der Waals surface area (Å²) >= 11 is 0. The number of pyridine rings is 1. The molecule has 0 aliphatic heterocycles. The maximum absolute atomic E-state index is 5.57. The number of unbranched alkanes of at least 4 members (excludes halogenated alkanes) is 1. The zero-order valence-electron chi connectivity index (χ0n) is 17.6. The summed E-state index contributed by atoms with van der Waals surface area (Å²) in [6.45, 7) is 9.23. The fraction of sp³-hybridized carbons (Fsp3) is 0.650. The molecule has 8 nitrogen and oxygen atoms in total. The molecule has 0 aromatic carbocycles. The van der Waals surface area contributed by atoms with Gasteiger partial charge in [-0.25, -0.2) is 0 Å². The first-order valence-electron chi connectivity index (χ1n) is 10.3. The van der Waals surface area contributed by atoms with E-state index in [2.05, 4.69) is 39.7 Å². The molecule has 2 rings (SSSR count). The lowest BCUT2D eigenvalue weighted by molar-refractivity contribution is 0.0487. The second-order valence-electron chi connectivity index (χ2n) is 6.41. The van der Waals surface area contributed by atoms with E-state index in [1.807, 2.05) is 28.8 Å². The first kappa shape index (κ1) is 25.6. The van der Waals surface area contributed by atoms with Crippen LogP contribution in [0.15, 0.2) is 29.4 Å². The minimum atomic E-state index is 0. The summed E-state index contributed by atoms with van der Waals surface area (Å²) in [6, 6.07) is 5.92. The first-order valence-corrected chi connectivity index (χ1v) is 10.3. The number of aromatic nitrogens is 3. The Morgan fingerprint density at radius 1 is 1.03 bits per heavy atom. The Morgan fingerprint density at radius 2 is 1.86 bits per heavy atom. The highest BCUT2D eigenvalue weighted by molar-refractivity contribution is 14.0. The van der Waals surface area contributed by atoms with E-state index in [9.17, 15) is 0 Å². The Kier molecular flexibility index (Phi) is 14.4. The van der Waals surface area contributed by atoms with Gasteiger partial charge in [0.25, 0.3) is 0 Å². The summed E-state index contributed by atoms with van der Waals surface area (Å²) < 4.78 is 13.1. The predicted octanol–water partition coefficient (Wildman–Crippen LogP) is 2.67. The number of aliphatic imine (C=N–C) groups is 1. The van der Waals surface area contributed by atoms with E-state index in [0.717, 1.165) is 69.4 Å². The van der Waals surface area contributed by atoms with Crippen LogP contribution in [0.4, 0.5) is 0 Å². The van der Waals surface area contributed by atoms with Gasteiger partial charge in [-0.05, 0) is 31.9 Å². The van der Waals surface area contributed by atoms with Gasteiger partial charge in [-0.15, -0.1) is 34.2 Å². The molecule has 0 amide bonds. The van der Waals surface area contributed by atoms with Gasteiger partial charge in [0, 0.05) is 38.9 Å². The smallest absolute Gasteiger partial charge is 0.191 e. The highest BCUT2D eigenvalue weighted by Crippen LogP contribution is 2.05. The summed E-state index contributed by atoms with van der Waals surface area (Å²) in [5.74, 6) is 1.79. The third kappa shape index (κ3) is 10.2. The van der Waals surface area contributed by atoms with Crippen molar-refractivity contribution in [1.29, 1.82) is 0 Å². The summed E-state index contributed by atoms with van der Waals surface area (Å²) in [4.78, 5) is 4.62. The molecule has 9 heteroatoms. The van der Waals surface area contributed by atoms with Crippen LogP contribution in [0.3, 0.4) is 0 Å². The number of guanidine groups is 1. The molecule has 2 N–H and O–H groups in total. The van der Waals surface area contributed by atoms with Crippen molar-refractivity contribution in [1.82, 2.24) is 25.2 Å². The first-order chi connectivity index (χ1) is 13.8. The Morgan fingerprint density at radius 3 is 2.66 bits per heavy atom. The molecule has 0 radical (unpaired) electrons. The largest absolute Gasteiger partial charge is 0.379 e. The Balaban J connectivity index is 0.00000420. The molecule has 0 fully saturated rings. The molecule has 29 heavy (non-hydrogen) atoms. The van der Waals surface area contributed by atoms with Crippen LogP contribution in [-0.2, 0) is 15.9 Å². The van der Waals surface area contributed by atoms with Crippen molar-refractivity contribution in [2.75, 3.05) is 46.1 Å². The molecule has 0 aliphatic rings. The third-order valence-electron chi connectivity index (χ3n) is 4.11. The number of halogens is 1. The maximum atomic E-state index is 5.57. The minimum absolute atomic E-state index is 0. The van der Waals surface area contributed by atoms with Crippen molar-refractivity contribution < 1.29 is 9.47 Å². The zero-order chi connectivity index (χ0) is 19.9. The quantitative estimate of drug-likeness (QED) is 0.173. The Hall–Kier alpha value is -1.46. The van der Waals surface area contributed by atoms with Crippen LogP contribution in [-0.4, -0.2) is 66.6 Å². The second kappa shape index (κ2) is 16.3. The van der Waals surface area contributed by atoms with E-state index < -0.39 is 0 Å². The van der Waals surface area contributed by atoms with Crippen LogP contribution in [0.2, 0.25) is 0 Å². The van der Waals surface area contributed by atoms with Crippen LogP contribution in [0.5, 0.6) is 0 Å². The topological polar surface area (TPSA) is 85.1 Å². The normalized spacial score (nSPS) is 11.4. The van der Waals surface area contributed by atoms with E-state index in [0.29, 0.717) is 19.8 Å². The number of fused-ring (bicyclic) bond motifs is 1. The molecule has 0 aliphatic carbocycles. The average molecular weight is 518 g/mol. The Labute approximate surface area is 190 Å². The average Bonchev–Trinajstić information content (AvgIpc) is 3.13. The molecule has 0 unspecified atom stereocenters. The standard InChI is InChI=1S/C20H34N6O2.HI/c1-3-5-14-27-16-17-28-15-12-23-20(21-4-2)22-11-8-10-19-25-24-18-9-6-7-13-26(18)19;/h6-7,9,13H,3-5,8,10-12,14-17H2,1-2H3,(H2,21,22,23);1H. The van der Waals surface area contributed by atoms with Crippen molar-refractivity contribution in [3.63, 3.8) is 0 Å². The molecular weight excluding hydrogens is 483 g/mol. The molecule has 0 saturated heterocycles. The summed E-state index contributed by atoms with van der Waals surface area (Å²) in [5, 5.41) is 15.0.